The van der Waals surface area contributed by atoms with Gasteiger partial charge in [0.05, 0.1) is 5.54 Å². The number of rotatable bonds is 5. The molecule has 0 spiro atoms. The fourth-order valence-electron chi connectivity index (χ4n) is 3.56. The highest BCUT2D eigenvalue weighted by molar-refractivity contribution is 5.49. The van der Waals surface area contributed by atoms with Gasteiger partial charge < -0.3 is 14.5 Å². The smallest absolute Gasteiger partial charge is 0.109 e. The molecular weight excluding hydrogens is 310 g/mol. The lowest BCUT2D eigenvalue weighted by molar-refractivity contribution is -0.0208. The van der Waals surface area contributed by atoms with Gasteiger partial charge in [-0.25, -0.2) is 0 Å². The Bertz CT molecular complexity index is 627. The van der Waals surface area contributed by atoms with Crippen molar-refractivity contribution in [1.82, 2.24) is 10.2 Å². The number of likely N-dealkylation sites (N-methyl/N-ethyl adjacent to an activating group) is 1. The zero-order chi connectivity index (χ0) is 17.9. The maximum absolute atomic E-state index is 5.98. The first-order chi connectivity index (χ1) is 12.0. The van der Waals surface area contributed by atoms with Crippen molar-refractivity contribution in [2.24, 2.45) is 0 Å². The van der Waals surface area contributed by atoms with Crippen LogP contribution in [-0.4, -0.2) is 45.9 Å². The average Bonchev–Trinajstić information content (AvgIpc) is 2.63. The number of hydrogen-bond donors (Lipinski definition) is 1. The number of hydrogen-bond acceptors (Lipinski definition) is 4. The summed E-state index contributed by atoms with van der Waals surface area (Å²) in [5.41, 5.74) is 3.56. The minimum absolute atomic E-state index is 0.126. The lowest BCUT2D eigenvalue weighted by Gasteiger charge is -2.39. The highest BCUT2D eigenvalue weighted by Crippen LogP contribution is 2.34. The molecule has 4 heteroatoms. The van der Waals surface area contributed by atoms with Crippen molar-refractivity contribution in [2.75, 3.05) is 39.7 Å². The lowest BCUT2D eigenvalue weighted by atomic mass is 9.82. The van der Waals surface area contributed by atoms with Crippen molar-refractivity contribution in [3.05, 3.63) is 53.8 Å². The number of nitrogens with one attached hydrogen (secondary N) is 1. The van der Waals surface area contributed by atoms with Crippen LogP contribution in [-0.2, 0) is 10.3 Å². The number of anilines is 1. The van der Waals surface area contributed by atoms with Crippen LogP contribution >= 0.6 is 0 Å². The van der Waals surface area contributed by atoms with Crippen LogP contribution in [0, 0.1) is 0 Å². The summed E-state index contributed by atoms with van der Waals surface area (Å²) in [6.07, 6.45) is 11.4. The van der Waals surface area contributed by atoms with E-state index in [4.69, 9.17) is 4.74 Å². The molecular formula is C21H31N3O. The molecule has 3 rings (SSSR count). The van der Waals surface area contributed by atoms with Crippen LogP contribution in [0.2, 0.25) is 0 Å². The second-order valence-electron chi connectivity index (χ2n) is 7.47. The zero-order valence-corrected chi connectivity index (χ0v) is 16.0. The SMILES string of the molecule is CN(C)C1=CCC(NC2CCCCO2)(c2ccc(N(C)C)cc2)C=C1. The third kappa shape index (κ3) is 4.07. The van der Waals surface area contributed by atoms with Gasteiger partial charge in [0.1, 0.15) is 6.23 Å². The van der Waals surface area contributed by atoms with Crippen molar-refractivity contribution in [2.45, 2.75) is 37.5 Å². The summed E-state index contributed by atoms with van der Waals surface area (Å²) in [5, 5.41) is 3.81. The molecule has 1 aliphatic heterocycles. The van der Waals surface area contributed by atoms with E-state index in [1.54, 1.807) is 0 Å². The van der Waals surface area contributed by atoms with Crippen molar-refractivity contribution in [3.63, 3.8) is 0 Å². The van der Waals surface area contributed by atoms with Crippen molar-refractivity contribution in [3.8, 4) is 0 Å². The van der Waals surface area contributed by atoms with Crippen LogP contribution in [0.4, 0.5) is 5.69 Å². The topological polar surface area (TPSA) is 27.7 Å². The molecule has 1 heterocycles. The molecule has 0 aromatic heterocycles. The predicted octanol–water partition coefficient (Wildman–Crippen LogP) is 3.47. The first-order valence-electron chi connectivity index (χ1n) is 9.24. The van der Waals surface area contributed by atoms with E-state index in [0.29, 0.717) is 0 Å². The summed E-state index contributed by atoms with van der Waals surface area (Å²) in [4.78, 5) is 4.29. The van der Waals surface area contributed by atoms with Gasteiger partial charge in [-0.3, -0.25) is 5.32 Å². The largest absolute Gasteiger partial charge is 0.378 e. The van der Waals surface area contributed by atoms with Gasteiger partial charge in [0, 0.05) is 46.2 Å². The second kappa shape index (κ2) is 7.63. The monoisotopic (exact) mass is 341 g/mol. The Hall–Kier alpha value is -1.78. The standard InChI is InChI=1S/C21H31N3O/c1-23(2)18-10-8-17(9-11-18)21(22-20-7-5-6-16-25-20)14-12-19(13-15-21)24(3)4/h8-14,20,22H,5-7,15-16H2,1-4H3. The Morgan fingerprint density at radius 3 is 2.32 bits per heavy atom. The summed E-state index contributed by atoms with van der Waals surface area (Å²) >= 11 is 0. The minimum Gasteiger partial charge on any atom is -0.378 e. The molecule has 1 aromatic rings. The quantitative estimate of drug-likeness (QED) is 0.887. The maximum atomic E-state index is 5.98. The van der Waals surface area contributed by atoms with Crippen LogP contribution in [0.5, 0.6) is 0 Å². The molecule has 1 saturated heterocycles. The average molecular weight is 341 g/mol. The summed E-state index contributed by atoms with van der Waals surface area (Å²) in [6.45, 7) is 0.857. The van der Waals surface area contributed by atoms with E-state index < -0.39 is 0 Å². The number of benzene rings is 1. The van der Waals surface area contributed by atoms with E-state index in [1.807, 2.05) is 0 Å². The Morgan fingerprint density at radius 2 is 1.80 bits per heavy atom. The summed E-state index contributed by atoms with van der Waals surface area (Å²) in [5.74, 6) is 0. The van der Waals surface area contributed by atoms with Gasteiger partial charge in [-0.05, 0) is 49.5 Å². The highest BCUT2D eigenvalue weighted by Gasteiger charge is 2.34. The molecule has 136 valence electrons. The van der Waals surface area contributed by atoms with Gasteiger partial charge in [0.2, 0.25) is 0 Å². The molecule has 1 aromatic carbocycles. The molecule has 1 fully saturated rings. The fourth-order valence-corrected chi connectivity index (χ4v) is 3.56. The van der Waals surface area contributed by atoms with Crippen molar-refractivity contribution in [1.29, 1.82) is 0 Å². The van der Waals surface area contributed by atoms with E-state index in [9.17, 15) is 0 Å². The third-order valence-corrected chi connectivity index (χ3v) is 5.19. The molecule has 0 radical (unpaired) electrons. The zero-order valence-electron chi connectivity index (χ0n) is 16.0. The fraction of sp³-hybridized carbons (Fsp3) is 0.524. The second-order valence-corrected chi connectivity index (χ2v) is 7.47. The van der Waals surface area contributed by atoms with Crippen LogP contribution < -0.4 is 10.2 Å². The summed E-state index contributed by atoms with van der Waals surface area (Å²) in [7, 11) is 8.33. The van der Waals surface area contributed by atoms with Crippen LogP contribution in [0.1, 0.15) is 31.2 Å². The molecule has 25 heavy (non-hydrogen) atoms. The lowest BCUT2D eigenvalue weighted by Crippen LogP contribution is -2.49. The number of allylic oxidation sites excluding steroid dienone is 1. The van der Waals surface area contributed by atoms with E-state index >= 15 is 0 Å². The van der Waals surface area contributed by atoms with Crippen LogP contribution in [0.3, 0.4) is 0 Å². The molecule has 2 atom stereocenters. The first kappa shape index (κ1) is 18.0. The van der Waals surface area contributed by atoms with Gasteiger partial charge >= 0.3 is 0 Å². The van der Waals surface area contributed by atoms with E-state index in [0.717, 1.165) is 19.4 Å². The van der Waals surface area contributed by atoms with Gasteiger partial charge in [-0.15, -0.1) is 0 Å². The number of ether oxygens (including phenoxy) is 1. The molecule has 1 aliphatic carbocycles. The summed E-state index contributed by atoms with van der Waals surface area (Å²) < 4.78 is 5.98. The molecule has 4 nitrogen and oxygen atoms in total. The molecule has 2 aliphatic rings. The highest BCUT2D eigenvalue weighted by atomic mass is 16.5. The predicted molar refractivity (Wildman–Crippen MR) is 105 cm³/mol. The minimum atomic E-state index is -0.202. The third-order valence-electron chi connectivity index (χ3n) is 5.19. The molecule has 0 amide bonds. The first-order valence-corrected chi connectivity index (χ1v) is 9.24. The van der Waals surface area contributed by atoms with Crippen LogP contribution in [0.15, 0.2) is 48.2 Å². The normalized spacial score (nSPS) is 26.2. The van der Waals surface area contributed by atoms with E-state index in [2.05, 4.69) is 85.8 Å². The van der Waals surface area contributed by atoms with Gasteiger partial charge in [0.25, 0.3) is 0 Å². The molecule has 2 unspecified atom stereocenters. The Balaban J connectivity index is 1.88. The van der Waals surface area contributed by atoms with E-state index in [1.165, 1.54) is 29.8 Å². The Kier molecular flexibility index (Phi) is 5.50. The van der Waals surface area contributed by atoms with Gasteiger partial charge in [0.15, 0.2) is 0 Å². The molecule has 0 saturated carbocycles. The molecule has 0 bridgehead atoms. The van der Waals surface area contributed by atoms with Crippen LogP contribution in [0.25, 0.3) is 0 Å². The summed E-state index contributed by atoms with van der Waals surface area (Å²) in [6, 6.07) is 8.87. The Labute approximate surface area is 152 Å². The molecule has 1 N–H and O–H groups in total. The van der Waals surface area contributed by atoms with Gasteiger partial charge in [-0.1, -0.05) is 24.3 Å². The van der Waals surface area contributed by atoms with Crippen molar-refractivity contribution >= 4 is 5.69 Å². The van der Waals surface area contributed by atoms with Gasteiger partial charge in [-0.2, -0.15) is 0 Å². The Morgan fingerprint density at radius 1 is 1.04 bits per heavy atom. The van der Waals surface area contributed by atoms with E-state index in [-0.39, 0.29) is 11.8 Å². The number of nitrogens with zero attached hydrogens (tertiary/aromatic N) is 2. The maximum Gasteiger partial charge on any atom is 0.109 e. The van der Waals surface area contributed by atoms with Crippen molar-refractivity contribution < 1.29 is 4.74 Å².